The fourth-order valence-electron chi connectivity index (χ4n) is 2.56. The van der Waals surface area contributed by atoms with Crippen LogP contribution < -0.4 is 5.32 Å². The Hall–Kier alpha value is -1.49. The van der Waals surface area contributed by atoms with Crippen LogP contribution in [0.1, 0.15) is 55.4 Å². The van der Waals surface area contributed by atoms with Gasteiger partial charge in [0.05, 0.1) is 5.02 Å². The Kier molecular flexibility index (Phi) is 6.11. The molecular weight excluding hydrogens is 292 g/mol. The number of aromatic amines is 1. The van der Waals surface area contributed by atoms with Crippen LogP contribution in [0.15, 0.2) is 12.3 Å². The summed E-state index contributed by atoms with van der Waals surface area (Å²) < 4.78 is 4.96. The second-order valence-electron chi connectivity index (χ2n) is 5.42. The third-order valence-electron chi connectivity index (χ3n) is 3.67. The molecule has 0 aromatic carbocycles. The third-order valence-corrected chi connectivity index (χ3v) is 3.89. The van der Waals surface area contributed by atoms with E-state index in [9.17, 15) is 9.59 Å². The van der Waals surface area contributed by atoms with Crippen LogP contribution in [0.25, 0.3) is 0 Å². The van der Waals surface area contributed by atoms with Gasteiger partial charge in [-0.15, -0.1) is 0 Å². The Morgan fingerprint density at radius 2 is 1.90 bits per heavy atom. The lowest BCUT2D eigenvalue weighted by Crippen LogP contribution is -2.38. The number of hydrogen-bond donors (Lipinski definition) is 2. The summed E-state index contributed by atoms with van der Waals surface area (Å²) in [6, 6.07) is 1.67. The number of amides is 1. The van der Waals surface area contributed by atoms with Crippen LogP contribution in [-0.4, -0.2) is 29.5 Å². The smallest absolute Gasteiger partial charge is 0.355 e. The number of carbonyl (C=O) groups is 2. The van der Waals surface area contributed by atoms with Crippen molar-refractivity contribution in [1.82, 2.24) is 10.3 Å². The Morgan fingerprint density at radius 3 is 2.52 bits per heavy atom. The molecule has 1 heterocycles. The van der Waals surface area contributed by atoms with Gasteiger partial charge in [0.25, 0.3) is 5.91 Å². The Bertz CT molecular complexity index is 479. The monoisotopic (exact) mass is 312 g/mol. The summed E-state index contributed by atoms with van der Waals surface area (Å²) in [5.74, 6) is -0.818. The van der Waals surface area contributed by atoms with E-state index in [0.717, 1.165) is 25.7 Å². The van der Waals surface area contributed by atoms with Crippen LogP contribution in [0, 0.1) is 0 Å². The van der Waals surface area contributed by atoms with E-state index < -0.39 is 5.97 Å². The van der Waals surface area contributed by atoms with E-state index in [1.54, 1.807) is 0 Å². The predicted octanol–water partition coefficient (Wildman–Crippen LogP) is 3.05. The first-order valence-electron chi connectivity index (χ1n) is 7.45. The van der Waals surface area contributed by atoms with Crippen molar-refractivity contribution in [2.75, 3.05) is 6.61 Å². The highest BCUT2D eigenvalue weighted by Gasteiger charge is 2.16. The topological polar surface area (TPSA) is 71.2 Å². The first kappa shape index (κ1) is 15.9. The minimum absolute atomic E-state index is 0.205. The maximum Gasteiger partial charge on any atom is 0.355 e. The second kappa shape index (κ2) is 8.08. The highest BCUT2D eigenvalue weighted by molar-refractivity contribution is 6.30. The van der Waals surface area contributed by atoms with E-state index in [2.05, 4.69) is 10.3 Å². The molecule has 6 heteroatoms. The van der Waals surface area contributed by atoms with E-state index >= 15 is 0 Å². The lowest BCUT2D eigenvalue weighted by molar-refractivity contribution is -0.125. The summed E-state index contributed by atoms with van der Waals surface area (Å²) in [5, 5.41) is 3.38. The average Bonchev–Trinajstić information content (AvgIpc) is 2.86. The van der Waals surface area contributed by atoms with Crippen molar-refractivity contribution in [3.63, 3.8) is 0 Å². The highest BCUT2D eigenvalue weighted by atomic mass is 35.5. The molecule has 5 nitrogen and oxygen atoms in total. The number of hydrogen-bond acceptors (Lipinski definition) is 3. The highest BCUT2D eigenvalue weighted by Crippen LogP contribution is 2.17. The molecule has 0 saturated heterocycles. The van der Waals surface area contributed by atoms with Gasteiger partial charge in [-0.3, -0.25) is 4.79 Å². The molecule has 0 atom stereocenters. The van der Waals surface area contributed by atoms with Gasteiger partial charge >= 0.3 is 5.97 Å². The van der Waals surface area contributed by atoms with Gasteiger partial charge in [-0.05, 0) is 18.9 Å². The molecule has 1 aliphatic carbocycles. The van der Waals surface area contributed by atoms with Crippen molar-refractivity contribution in [3.8, 4) is 0 Å². The van der Waals surface area contributed by atoms with Crippen LogP contribution in [0.5, 0.6) is 0 Å². The number of H-pyrrole nitrogens is 1. The SMILES string of the molecule is O=C(COC(=O)c1cc(Cl)c[nH]1)NC1CCCCCCC1. The molecule has 0 spiro atoms. The number of rotatable bonds is 4. The third kappa shape index (κ3) is 5.42. The minimum Gasteiger partial charge on any atom is -0.451 e. The summed E-state index contributed by atoms with van der Waals surface area (Å²) in [6.45, 7) is -0.258. The number of carbonyl (C=O) groups excluding carboxylic acids is 2. The zero-order valence-corrected chi connectivity index (χ0v) is 12.7. The summed E-state index contributed by atoms with van der Waals surface area (Å²) in [5.41, 5.74) is 0.249. The van der Waals surface area contributed by atoms with Crippen molar-refractivity contribution in [3.05, 3.63) is 23.0 Å². The van der Waals surface area contributed by atoms with Crippen molar-refractivity contribution in [2.45, 2.75) is 51.0 Å². The van der Waals surface area contributed by atoms with Gasteiger partial charge in [-0.25, -0.2) is 4.79 Å². The summed E-state index contributed by atoms with van der Waals surface area (Å²) in [4.78, 5) is 26.2. The lowest BCUT2D eigenvalue weighted by atomic mass is 9.97. The van der Waals surface area contributed by atoms with Crippen LogP contribution in [0.2, 0.25) is 5.02 Å². The van der Waals surface area contributed by atoms with E-state index in [1.807, 2.05) is 0 Å². The van der Waals surface area contributed by atoms with Crippen molar-refractivity contribution < 1.29 is 14.3 Å². The molecule has 1 aromatic rings. The van der Waals surface area contributed by atoms with Gasteiger partial charge in [-0.1, -0.05) is 43.7 Å². The molecule has 1 fully saturated rings. The van der Waals surface area contributed by atoms with Gasteiger partial charge in [0, 0.05) is 12.2 Å². The zero-order chi connectivity index (χ0) is 15.1. The van der Waals surface area contributed by atoms with Crippen LogP contribution in [0.4, 0.5) is 0 Å². The number of ether oxygens (including phenoxy) is 1. The fraction of sp³-hybridized carbons (Fsp3) is 0.600. The van der Waals surface area contributed by atoms with E-state index in [1.165, 1.54) is 31.5 Å². The van der Waals surface area contributed by atoms with Crippen LogP contribution >= 0.6 is 11.6 Å². The number of esters is 1. The number of halogens is 1. The maximum absolute atomic E-state index is 11.8. The Labute approximate surface area is 129 Å². The molecular formula is C15H21ClN2O3. The molecule has 0 aliphatic heterocycles. The summed E-state index contributed by atoms with van der Waals surface area (Å²) >= 11 is 5.71. The molecule has 1 saturated carbocycles. The lowest BCUT2D eigenvalue weighted by Gasteiger charge is -2.20. The molecule has 0 unspecified atom stereocenters. The van der Waals surface area contributed by atoms with E-state index in [4.69, 9.17) is 16.3 Å². The van der Waals surface area contributed by atoms with Gasteiger partial charge in [0.15, 0.2) is 6.61 Å². The zero-order valence-electron chi connectivity index (χ0n) is 12.0. The fourth-order valence-corrected chi connectivity index (χ4v) is 2.73. The van der Waals surface area contributed by atoms with E-state index in [-0.39, 0.29) is 24.2 Å². The summed E-state index contributed by atoms with van der Waals surface area (Å²) in [7, 11) is 0. The number of nitrogens with one attached hydrogen (secondary N) is 2. The van der Waals surface area contributed by atoms with Gasteiger partial charge in [0.1, 0.15) is 5.69 Å². The first-order chi connectivity index (χ1) is 10.1. The van der Waals surface area contributed by atoms with Crippen molar-refractivity contribution in [1.29, 1.82) is 0 Å². The Morgan fingerprint density at radius 1 is 1.24 bits per heavy atom. The van der Waals surface area contributed by atoms with Gasteiger partial charge < -0.3 is 15.0 Å². The van der Waals surface area contributed by atoms with Crippen LogP contribution in [0.3, 0.4) is 0 Å². The molecule has 0 radical (unpaired) electrons. The average molecular weight is 313 g/mol. The maximum atomic E-state index is 11.8. The van der Waals surface area contributed by atoms with E-state index in [0.29, 0.717) is 5.02 Å². The largest absolute Gasteiger partial charge is 0.451 e. The minimum atomic E-state index is -0.574. The molecule has 1 amide bonds. The Balaban J connectivity index is 1.72. The molecule has 2 N–H and O–H groups in total. The molecule has 21 heavy (non-hydrogen) atoms. The molecule has 1 aliphatic rings. The number of aromatic nitrogens is 1. The summed E-state index contributed by atoms with van der Waals surface area (Å²) in [6.07, 6.45) is 9.54. The first-order valence-corrected chi connectivity index (χ1v) is 7.83. The van der Waals surface area contributed by atoms with Gasteiger partial charge in [-0.2, -0.15) is 0 Å². The quantitative estimate of drug-likeness (QED) is 0.839. The predicted molar refractivity (Wildman–Crippen MR) is 80.3 cm³/mol. The van der Waals surface area contributed by atoms with Gasteiger partial charge in [0.2, 0.25) is 0 Å². The van der Waals surface area contributed by atoms with Crippen molar-refractivity contribution >= 4 is 23.5 Å². The normalized spacial score (nSPS) is 16.8. The van der Waals surface area contributed by atoms with Crippen LogP contribution in [-0.2, 0) is 9.53 Å². The molecule has 1 aromatic heterocycles. The molecule has 0 bridgehead atoms. The molecule has 2 rings (SSSR count). The standard InChI is InChI=1S/C15H21ClN2O3/c16-11-8-13(17-9-11)15(20)21-10-14(19)18-12-6-4-2-1-3-5-7-12/h8-9,12,17H,1-7,10H2,(H,18,19). The molecule has 116 valence electrons. The van der Waals surface area contributed by atoms with Crippen molar-refractivity contribution in [2.24, 2.45) is 0 Å². The second-order valence-corrected chi connectivity index (χ2v) is 5.85.